The summed E-state index contributed by atoms with van der Waals surface area (Å²) in [6, 6.07) is 5.92. The third-order valence-corrected chi connectivity index (χ3v) is 2.72. The summed E-state index contributed by atoms with van der Waals surface area (Å²) < 4.78 is 39.9. The minimum absolute atomic E-state index is 0.182. The fourth-order valence-electron chi connectivity index (χ4n) is 2.01. The van der Waals surface area contributed by atoms with E-state index in [0.29, 0.717) is 12.1 Å². The first kappa shape index (κ1) is 13.3. The molecule has 0 aliphatic rings. The van der Waals surface area contributed by atoms with Crippen molar-refractivity contribution < 1.29 is 18.0 Å². The molecule has 2 aromatic carbocycles. The van der Waals surface area contributed by atoms with Crippen LogP contribution in [0.1, 0.15) is 27.0 Å². The summed E-state index contributed by atoms with van der Waals surface area (Å²) in [4.78, 5) is 12.1. The normalized spacial score (nSPS) is 10.6. The van der Waals surface area contributed by atoms with Gasteiger partial charge in [0, 0.05) is 17.7 Å². The highest BCUT2D eigenvalue weighted by Gasteiger charge is 2.20. The molecule has 0 atom stereocenters. The van der Waals surface area contributed by atoms with E-state index in [0.717, 1.165) is 11.1 Å². The first-order valence-electron chi connectivity index (χ1n) is 5.66. The first-order valence-corrected chi connectivity index (χ1v) is 5.66. The zero-order chi connectivity index (χ0) is 14.2. The zero-order valence-corrected chi connectivity index (χ0v) is 10.4. The van der Waals surface area contributed by atoms with E-state index in [-0.39, 0.29) is 5.56 Å². The summed E-state index contributed by atoms with van der Waals surface area (Å²) in [5.41, 5.74) is 1.07. The highest BCUT2D eigenvalue weighted by atomic mass is 19.1. The van der Waals surface area contributed by atoms with Crippen LogP contribution in [0.4, 0.5) is 13.2 Å². The van der Waals surface area contributed by atoms with E-state index >= 15 is 0 Å². The standard InChI is InChI=1S/C15H11F3O/c1-8-3-9(2)5-10(4-8)15(19)14-12(17)6-11(16)7-13(14)18/h3-7H,1-2H3. The molecule has 19 heavy (non-hydrogen) atoms. The Kier molecular flexibility index (Phi) is 3.42. The van der Waals surface area contributed by atoms with E-state index in [2.05, 4.69) is 0 Å². The van der Waals surface area contributed by atoms with Crippen LogP contribution in [-0.4, -0.2) is 5.78 Å². The van der Waals surface area contributed by atoms with Gasteiger partial charge < -0.3 is 0 Å². The summed E-state index contributed by atoms with van der Waals surface area (Å²) in [7, 11) is 0. The molecular formula is C15H11F3O. The number of hydrogen-bond donors (Lipinski definition) is 0. The van der Waals surface area contributed by atoms with Crippen LogP contribution in [0.3, 0.4) is 0 Å². The van der Waals surface area contributed by atoms with E-state index in [9.17, 15) is 18.0 Å². The van der Waals surface area contributed by atoms with Gasteiger partial charge in [-0.15, -0.1) is 0 Å². The van der Waals surface area contributed by atoms with Gasteiger partial charge in [-0.2, -0.15) is 0 Å². The maximum Gasteiger partial charge on any atom is 0.198 e. The van der Waals surface area contributed by atoms with Crippen molar-refractivity contribution in [3.63, 3.8) is 0 Å². The average Bonchev–Trinajstić information content (AvgIpc) is 2.25. The molecule has 4 heteroatoms. The van der Waals surface area contributed by atoms with Gasteiger partial charge in [-0.3, -0.25) is 4.79 Å². The molecule has 0 radical (unpaired) electrons. The van der Waals surface area contributed by atoms with E-state index in [1.807, 2.05) is 6.07 Å². The number of carbonyl (C=O) groups excluding carboxylic acids is 1. The van der Waals surface area contributed by atoms with Crippen LogP contribution in [0.5, 0.6) is 0 Å². The minimum Gasteiger partial charge on any atom is -0.288 e. The lowest BCUT2D eigenvalue weighted by molar-refractivity contribution is 0.103. The van der Waals surface area contributed by atoms with Crippen LogP contribution in [0.25, 0.3) is 0 Å². The monoisotopic (exact) mass is 264 g/mol. The number of rotatable bonds is 2. The van der Waals surface area contributed by atoms with Crippen LogP contribution in [-0.2, 0) is 0 Å². The second-order valence-electron chi connectivity index (χ2n) is 4.45. The summed E-state index contributed by atoms with van der Waals surface area (Å²) >= 11 is 0. The molecule has 0 bridgehead atoms. The van der Waals surface area contributed by atoms with Gasteiger partial charge in [-0.1, -0.05) is 17.2 Å². The number of benzene rings is 2. The van der Waals surface area contributed by atoms with Crippen molar-refractivity contribution >= 4 is 5.78 Å². The number of hydrogen-bond acceptors (Lipinski definition) is 1. The van der Waals surface area contributed by atoms with Gasteiger partial charge in [-0.25, -0.2) is 13.2 Å². The van der Waals surface area contributed by atoms with Gasteiger partial charge in [0.1, 0.15) is 17.5 Å². The fourth-order valence-corrected chi connectivity index (χ4v) is 2.01. The lowest BCUT2D eigenvalue weighted by atomic mass is 9.98. The van der Waals surface area contributed by atoms with Crippen molar-refractivity contribution in [2.75, 3.05) is 0 Å². The Morgan fingerprint density at radius 2 is 1.32 bits per heavy atom. The molecule has 98 valence electrons. The largest absolute Gasteiger partial charge is 0.288 e. The molecule has 2 rings (SSSR count). The lowest BCUT2D eigenvalue weighted by Crippen LogP contribution is -2.08. The molecule has 2 aromatic rings. The van der Waals surface area contributed by atoms with E-state index in [1.165, 1.54) is 12.1 Å². The Morgan fingerprint density at radius 1 is 0.842 bits per heavy atom. The van der Waals surface area contributed by atoms with Crippen molar-refractivity contribution in [2.24, 2.45) is 0 Å². The highest BCUT2D eigenvalue weighted by molar-refractivity contribution is 6.09. The molecular weight excluding hydrogens is 253 g/mol. The van der Waals surface area contributed by atoms with Gasteiger partial charge in [0.25, 0.3) is 0 Å². The van der Waals surface area contributed by atoms with Crippen molar-refractivity contribution in [3.05, 3.63) is 70.0 Å². The number of ketones is 1. The molecule has 0 aliphatic carbocycles. The maximum atomic E-state index is 13.5. The van der Waals surface area contributed by atoms with Gasteiger partial charge in [-0.05, 0) is 26.0 Å². The van der Waals surface area contributed by atoms with Crippen LogP contribution in [0, 0.1) is 31.3 Å². The van der Waals surface area contributed by atoms with Gasteiger partial charge in [0.2, 0.25) is 0 Å². The Bertz CT molecular complexity index is 619. The quantitative estimate of drug-likeness (QED) is 0.750. The highest BCUT2D eigenvalue weighted by Crippen LogP contribution is 2.20. The summed E-state index contributed by atoms with van der Waals surface area (Å²) in [5, 5.41) is 0. The third-order valence-electron chi connectivity index (χ3n) is 2.72. The second kappa shape index (κ2) is 4.88. The van der Waals surface area contributed by atoms with Crippen LogP contribution in [0.15, 0.2) is 30.3 Å². The maximum absolute atomic E-state index is 13.5. The minimum atomic E-state index is -1.19. The van der Waals surface area contributed by atoms with E-state index < -0.39 is 28.8 Å². The molecule has 0 saturated heterocycles. The molecule has 0 unspecified atom stereocenters. The first-order chi connectivity index (χ1) is 8.88. The molecule has 0 N–H and O–H groups in total. The van der Waals surface area contributed by atoms with Gasteiger partial charge in [0.05, 0.1) is 5.56 Å². The molecule has 0 aliphatic heterocycles. The molecule has 0 heterocycles. The van der Waals surface area contributed by atoms with Crippen LogP contribution in [0.2, 0.25) is 0 Å². The predicted octanol–water partition coefficient (Wildman–Crippen LogP) is 3.95. The molecule has 0 fully saturated rings. The molecule has 0 amide bonds. The van der Waals surface area contributed by atoms with Crippen molar-refractivity contribution in [3.8, 4) is 0 Å². The van der Waals surface area contributed by atoms with Crippen LogP contribution < -0.4 is 0 Å². The Balaban J connectivity index is 2.56. The van der Waals surface area contributed by atoms with Crippen molar-refractivity contribution in [1.82, 2.24) is 0 Å². The van der Waals surface area contributed by atoms with Gasteiger partial charge in [0.15, 0.2) is 5.78 Å². The zero-order valence-electron chi connectivity index (χ0n) is 10.4. The van der Waals surface area contributed by atoms with Crippen LogP contribution >= 0.6 is 0 Å². The van der Waals surface area contributed by atoms with Gasteiger partial charge >= 0.3 is 0 Å². The molecule has 0 saturated carbocycles. The lowest BCUT2D eigenvalue weighted by Gasteiger charge is -2.07. The summed E-state index contributed by atoms with van der Waals surface area (Å²) in [5.74, 6) is -4.22. The fraction of sp³-hybridized carbons (Fsp3) is 0.133. The third kappa shape index (κ3) is 2.67. The number of aryl methyl sites for hydroxylation is 2. The molecule has 1 nitrogen and oxygen atoms in total. The summed E-state index contributed by atoms with van der Waals surface area (Å²) in [6.45, 7) is 3.56. The second-order valence-corrected chi connectivity index (χ2v) is 4.45. The number of halogens is 3. The summed E-state index contributed by atoms with van der Waals surface area (Å²) in [6.07, 6.45) is 0. The van der Waals surface area contributed by atoms with Crippen molar-refractivity contribution in [1.29, 1.82) is 0 Å². The smallest absolute Gasteiger partial charge is 0.198 e. The Hall–Kier alpha value is -2.10. The molecule has 0 aromatic heterocycles. The Labute approximate surface area is 108 Å². The van der Waals surface area contributed by atoms with Crippen molar-refractivity contribution in [2.45, 2.75) is 13.8 Å². The van der Waals surface area contributed by atoms with E-state index in [4.69, 9.17) is 0 Å². The van der Waals surface area contributed by atoms with E-state index in [1.54, 1.807) is 13.8 Å². The topological polar surface area (TPSA) is 17.1 Å². The molecule has 0 spiro atoms. The Morgan fingerprint density at radius 3 is 1.79 bits per heavy atom. The SMILES string of the molecule is Cc1cc(C)cc(C(=O)c2c(F)cc(F)cc2F)c1. The number of carbonyl (C=O) groups is 1. The predicted molar refractivity (Wildman–Crippen MR) is 65.7 cm³/mol. The average molecular weight is 264 g/mol.